The number of aromatic nitrogens is 2. The van der Waals surface area contributed by atoms with Crippen molar-refractivity contribution in [1.29, 1.82) is 0 Å². The van der Waals surface area contributed by atoms with Crippen LogP contribution in [0.1, 0.15) is 16.1 Å². The van der Waals surface area contributed by atoms with Crippen molar-refractivity contribution < 1.29 is 23.8 Å². The van der Waals surface area contributed by atoms with Gasteiger partial charge in [0.2, 0.25) is 5.91 Å². The predicted molar refractivity (Wildman–Crippen MR) is 132 cm³/mol. The van der Waals surface area contributed by atoms with Gasteiger partial charge in [-0.25, -0.2) is 0 Å². The van der Waals surface area contributed by atoms with E-state index in [-0.39, 0.29) is 18.4 Å². The van der Waals surface area contributed by atoms with Crippen molar-refractivity contribution in [2.24, 2.45) is 0 Å². The van der Waals surface area contributed by atoms with Crippen molar-refractivity contribution in [3.8, 4) is 22.8 Å². The summed E-state index contributed by atoms with van der Waals surface area (Å²) >= 11 is 6.27. The van der Waals surface area contributed by atoms with Crippen LogP contribution in [0.25, 0.3) is 11.3 Å². The average Bonchev–Trinajstić information content (AvgIpc) is 3.24. The number of fused-ring (bicyclic) bond motifs is 1. The molecule has 2 aliphatic heterocycles. The minimum atomic E-state index is -0.139. The van der Waals surface area contributed by atoms with Crippen LogP contribution in [0.4, 0.5) is 11.4 Å². The summed E-state index contributed by atoms with van der Waals surface area (Å²) in [6.07, 6.45) is 4.02. The van der Waals surface area contributed by atoms with Crippen molar-refractivity contribution in [1.82, 2.24) is 20.6 Å². The highest BCUT2D eigenvalue weighted by atomic mass is 35.5. The summed E-state index contributed by atoms with van der Waals surface area (Å²) in [7, 11) is 3.14. The molecule has 0 bridgehead atoms. The minimum Gasteiger partial charge on any atom is -0.494 e. The molecule has 0 radical (unpaired) electrons. The Morgan fingerprint density at radius 3 is 2.66 bits per heavy atom. The van der Waals surface area contributed by atoms with E-state index in [0.29, 0.717) is 59.6 Å². The molecule has 2 aromatic heterocycles. The standard InChI is InChI=1S/C20H19ClN4O3.C4H7NO2/c1-27-15-10-22-8-6-11(15)17-18(16-13(24-17)7-9-23-20(16)26)25-14-5-3-4-12(21)19(14)28-2;6-4-3-7-2-1-5-4/h3-6,8,10,24-25H,7,9H2,1-2H3,(H,23,26);1-3H2,(H,5,6). The van der Waals surface area contributed by atoms with Crippen LogP contribution in [0.2, 0.25) is 5.02 Å². The quantitative estimate of drug-likeness (QED) is 0.425. The van der Waals surface area contributed by atoms with Crippen LogP contribution < -0.4 is 25.4 Å². The maximum atomic E-state index is 12.6. The van der Waals surface area contributed by atoms with Crippen molar-refractivity contribution in [2.75, 3.05) is 45.8 Å². The van der Waals surface area contributed by atoms with Gasteiger partial charge in [0.15, 0.2) is 5.75 Å². The molecule has 184 valence electrons. The Balaban J connectivity index is 0.000000356. The van der Waals surface area contributed by atoms with Gasteiger partial charge < -0.3 is 35.1 Å². The number of methoxy groups -OCH3 is 2. The number of pyridine rings is 1. The Kier molecular flexibility index (Phi) is 7.74. The number of anilines is 2. The van der Waals surface area contributed by atoms with Crippen molar-refractivity contribution in [2.45, 2.75) is 6.42 Å². The third-order valence-corrected chi connectivity index (χ3v) is 5.77. The number of nitrogens with zero attached hydrogens (tertiary/aromatic N) is 1. The summed E-state index contributed by atoms with van der Waals surface area (Å²) in [6.45, 7) is 2.14. The molecule has 11 heteroatoms. The maximum Gasteiger partial charge on any atom is 0.255 e. The summed E-state index contributed by atoms with van der Waals surface area (Å²) in [6, 6.07) is 7.25. The number of carbonyl (C=O) groups is 2. The Labute approximate surface area is 207 Å². The monoisotopic (exact) mass is 499 g/mol. The van der Waals surface area contributed by atoms with Crippen LogP contribution in [-0.2, 0) is 16.0 Å². The van der Waals surface area contributed by atoms with Crippen LogP contribution in [0.3, 0.4) is 0 Å². The molecule has 4 heterocycles. The van der Waals surface area contributed by atoms with Crippen LogP contribution in [0.5, 0.6) is 11.5 Å². The second-order valence-corrected chi connectivity index (χ2v) is 8.07. The molecule has 35 heavy (non-hydrogen) atoms. The molecular weight excluding hydrogens is 474 g/mol. The molecule has 0 saturated carbocycles. The number of benzene rings is 1. The predicted octanol–water partition coefficient (Wildman–Crippen LogP) is 2.91. The summed E-state index contributed by atoms with van der Waals surface area (Å²) < 4.78 is 15.7. The lowest BCUT2D eigenvalue weighted by Gasteiger charge is -2.17. The number of rotatable bonds is 5. The van der Waals surface area contributed by atoms with Crippen molar-refractivity contribution >= 4 is 34.8 Å². The van der Waals surface area contributed by atoms with Gasteiger partial charge in [0.05, 0.1) is 54.7 Å². The molecular formula is C24H26ClN5O5. The van der Waals surface area contributed by atoms with Gasteiger partial charge >= 0.3 is 0 Å². The highest BCUT2D eigenvalue weighted by molar-refractivity contribution is 6.32. The van der Waals surface area contributed by atoms with Crippen molar-refractivity contribution in [3.63, 3.8) is 0 Å². The van der Waals surface area contributed by atoms with Crippen molar-refractivity contribution in [3.05, 3.63) is 52.9 Å². The topological polar surface area (TPSA) is 127 Å². The molecule has 1 saturated heterocycles. The van der Waals surface area contributed by atoms with E-state index < -0.39 is 0 Å². The Morgan fingerprint density at radius 1 is 1.11 bits per heavy atom. The Bertz CT molecular complexity index is 1220. The summed E-state index contributed by atoms with van der Waals surface area (Å²) in [5.74, 6) is 0.956. The summed E-state index contributed by atoms with van der Waals surface area (Å²) in [4.78, 5) is 30.4. The SMILES string of the molecule is COc1cnccc1-c1[nH]c2c(c1Nc1cccc(Cl)c1OC)C(=O)NCC2.O=C1COCCN1. The number of hydrogen-bond acceptors (Lipinski definition) is 7. The molecule has 0 spiro atoms. The van der Waals surface area contributed by atoms with E-state index in [1.807, 2.05) is 18.2 Å². The van der Waals surface area contributed by atoms with Gasteiger partial charge in [-0.3, -0.25) is 14.6 Å². The summed E-state index contributed by atoms with van der Waals surface area (Å²) in [5, 5.41) is 9.34. The second-order valence-electron chi connectivity index (χ2n) is 7.66. The second kappa shape index (κ2) is 11.1. The number of morpholine rings is 1. The molecule has 0 unspecified atom stereocenters. The van der Waals surface area contributed by atoms with Gasteiger partial charge in [0.25, 0.3) is 5.91 Å². The zero-order chi connectivity index (χ0) is 24.8. The molecule has 0 atom stereocenters. The van der Waals surface area contributed by atoms with Gasteiger partial charge in [-0.2, -0.15) is 0 Å². The van der Waals surface area contributed by atoms with E-state index in [1.54, 1.807) is 32.7 Å². The molecule has 5 rings (SSSR count). The first-order chi connectivity index (χ1) is 17.0. The first-order valence-corrected chi connectivity index (χ1v) is 11.4. The third kappa shape index (κ3) is 5.33. The summed E-state index contributed by atoms with van der Waals surface area (Å²) in [5.41, 5.74) is 4.26. The molecule has 0 aliphatic carbocycles. The number of hydrogen-bond donors (Lipinski definition) is 4. The fourth-order valence-electron chi connectivity index (χ4n) is 3.88. The Hall–Kier alpha value is -3.76. The van der Waals surface area contributed by atoms with E-state index in [9.17, 15) is 9.59 Å². The highest BCUT2D eigenvalue weighted by Crippen LogP contribution is 2.42. The van der Waals surface area contributed by atoms with E-state index >= 15 is 0 Å². The fourth-order valence-corrected chi connectivity index (χ4v) is 4.14. The Morgan fingerprint density at radius 2 is 1.97 bits per heavy atom. The molecule has 10 nitrogen and oxygen atoms in total. The van der Waals surface area contributed by atoms with Gasteiger partial charge in [-0.15, -0.1) is 0 Å². The molecule has 3 aromatic rings. The molecule has 4 N–H and O–H groups in total. The van der Waals surface area contributed by atoms with Gasteiger partial charge in [0.1, 0.15) is 12.4 Å². The van der Waals surface area contributed by atoms with Gasteiger partial charge in [-0.05, 0) is 18.2 Å². The molecule has 2 aliphatic rings. The van der Waals surface area contributed by atoms with Crippen LogP contribution in [0, 0.1) is 0 Å². The third-order valence-electron chi connectivity index (χ3n) is 5.47. The van der Waals surface area contributed by atoms with E-state index in [4.69, 9.17) is 25.8 Å². The lowest BCUT2D eigenvalue weighted by Crippen LogP contribution is -2.36. The molecule has 1 aromatic carbocycles. The van der Waals surface area contributed by atoms with Crippen LogP contribution in [-0.4, -0.2) is 62.3 Å². The number of H-pyrrole nitrogens is 1. The van der Waals surface area contributed by atoms with E-state index in [1.165, 1.54) is 0 Å². The molecule has 1 fully saturated rings. The van der Waals surface area contributed by atoms with E-state index in [2.05, 4.69) is 25.9 Å². The van der Waals surface area contributed by atoms with Crippen LogP contribution in [0.15, 0.2) is 36.7 Å². The zero-order valence-electron chi connectivity index (χ0n) is 19.4. The molecule has 2 amide bonds. The largest absolute Gasteiger partial charge is 0.494 e. The number of aromatic amines is 1. The lowest BCUT2D eigenvalue weighted by atomic mass is 10.0. The minimum absolute atomic E-state index is 0.00810. The average molecular weight is 500 g/mol. The number of nitrogens with one attached hydrogen (secondary N) is 4. The normalized spacial score (nSPS) is 14.6. The van der Waals surface area contributed by atoms with Gasteiger partial charge in [-0.1, -0.05) is 17.7 Å². The fraction of sp³-hybridized carbons (Fsp3) is 0.292. The lowest BCUT2D eigenvalue weighted by molar-refractivity contribution is -0.128. The van der Waals surface area contributed by atoms with Gasteiger partial charge in [0, 0.05) is 37.0 Å². The maximum absolute atomic E-state index is 12.6. The number of ether oxygens (including phenoxy) is 3. The van der Waals surface area contributed by atoms with E-state index in [0.717, 1.165) is 17.0 Å². The number of amides is 2. The first kappa shape index (κ1) is 24.4. The number of halogens is 1. The zero-order valence-corrected chi connectivity index (χ0v) is 20.1. The number of carbonyl (C=O) groups excluding carboxylic acids is 2. The first-order valence-electron chi connectivity index (χ1n) is 11.0. The highest BCUT2D eigenvalue weighted by Gasteiger charge is 2.28. The smallest absolute Gasteiger partial charge is 0.255 e. The number of para-hydroxylation sites is 1. The van der Waals surface area contributed by atoms with Crippen LogP contribution >= 0.6 is 11.6 Å².